The molecule has 0 saturated heterocycles. The van der Waals surface area contributed by atoms with Gasteiger partial charge in [-0.3, -0.25) is 19.3 Å². The monoisotopic (exact) mass is 508 g/mol. The zero-order valence-electron chi connectivity index (χ0n) is 20.7. The summed E-state index contributed by atoms with van der Waals surface area (Å²) in [6.45, 7) is 4.48. The minimum absolute atomic E-state index is 0.0505. The lowest BCUT2D eigenvalue weighted by atomic mass is 10.1. The Morgan fingerprint density at radius 1 is 0.972 bits per heavy atom. The van der Waals surface area contributed by atoms with Crippen molar-refractivity contribution in [2.24, 2.45) is 5.73 Å². The molecule has 1 heterocycles. The molecule has 1 aromatic rings. The fraction of sp³-hybridized carbons (Fsp3) is 0.583. The Morgan fingerprint density at radius 3 is 2.17 bits per heavy atom. The maximum Gasteiger partial charge on any atom is 0.264 e. The van der Waals surface area contributed by atoms with Gasteiger partial charge >= 0.3 is 0 Å². The molecular weight excluding hydrogens is 472 g/mol. The summed E-state index contributed by atoms with van der Waals surface area (Å²) < 4.78 is 21.5. The summed E-state index contributed by atoms with van der Waals surface area (Å²) >= 11 is 0. The molecule has 3 amide bonds. The molecule has 0 bridgehead atoms. The number of imide groups is 1. The number of aldehydes is 1. The van der Waals surface area contributed by atoms with Gasteiger partial charge < -0.3 is 40.1 Å². The number of nitrogens with two attached hydrogens (primary N) is 1. The molecule has 1 aliphatic heterocycles. The first kappa shape index (κ1) is 29.3. The van der Waals surface area contributed by atoms with Gasteiger partial charge in [0.05, 0.1) is 64.0 Å². The van der Waals surface area contributed by atoms with Crippen LogP contribution in [0.5, 0.6) is 0 Å². The fourth-order valence-corrected chi connectivity index (χ4v) is 3.61. The number of anilines is 1. The number of rotatable bonds is 20. The molecule has 0 aliphatic carbocycles. The number of fused-ring (bicyclic) bond motifs is 1. The van der Waals surface area contributed by atoms with Gasteiger partial charge in [-0.2, -0.15) is 0 Å². The molecule has 0 saturated carbocycles. The predicted octanol–water partition coefficient (Wildman–Crippen LogP) is -0.187. The van der Waals surface area contributed by atoms with Gasteiger partial charge in [-0.25, -0.2) is 0 Å². The predicted molar refractivity (Wildman–Crippen MR) is 131 cm³/mol. The number of carbonyl (C=O) groups excluding carboxylic acids is 4. The van der Waals surface area contributed by atoms with Crippen molar-refractivity contribution >= 4 is 29.7 Å². The van der Waals surface area contributed by atoms with E-state index in [1.54, 1.807) is 18.2 Å². The molecule has 36 heavy (non-hydrogen) atoms. The first-order chi connectivity index (χ1) is 17.6. The van der Waals surface area contributed by atoms with Gasteiger partial charge in [-0.1, -0.05) is 6.07 Å². The van der Waals surface area contributed by atoms with E-state index in [4.69, 9.17) is 24.7 Å². The van der Waals surface area contributed by atoms with Crippen LogP contribution < -0.4 is 16.4 Å². The Hall–Kier alpha value is -2.90. The van der Waals surface area contributed by atoms with Gasteiger partial charge in [0, 0.05) is 32.2 Å². The topological polar surface area (TPSA) is 159 Å². The Bertz CT molecular complexity index is 867. The number of amides is 3. The second kappa shape index (κ2) is 16.7. The minimum atomic E-state index is -1.06. The molecule has 4 N–H and O–H groups in total. The summed E-state index contributed by atoms with van der Waals surface area (Å²) in [5.74, 6) is -1.63. The number of nitrogens with one attached hydrogen (secondary N) is 2. The van der Waals surface area contributed by atoms with Crippen LogP contribution in [0, 0.1) is 0 Å². The Kier molecular flexibility index (Phi) is 13.6. The van der Waals surface area contributed by atoms with Crippen molar-refractivity contribution in [1.82, 2.24) is 10.2 Å². The van der Waals surface area contributed by atoms with Crippen molar-refractivity contribution < 1.29 is 38.1 Å². The number of ether oxygens (including phenoxy) is 4. The van der Waals surface area contributed by atoms with Gasteiger partial charge in [0.2, 0.25) is 5.91 Å². The van der Waals surface area contributed by atoms with Crippen LogP contribution in [0.1, 0.15) is 33.6 Å². The van der Waals surface area contributed by atoms with E-state index in [-0.39, 0.29) is 24.0 Å². The summed E-state index contributed by atoms with van der Waals surface area (Å²) in [5.41, 5.74) is 6.22. The lowest BCUT2D eigenvalue weighted by molar-refractivity contribution is -0.124. The van der Waals surface area contributed by atoms with Crippen molar-refractivity contribution in [3.8, 4) is 0 Å². The van der Waals surface area contributed by atoms with Gasteiger partial charge in [0.1, 0.15) is 12.3 Å². The smallest absolute Gasteiger partial charge is 0.264 e. The highest BCUT2D eigenvalue weighted by Crippen LogP contribution is 2.31. The first-order valence-corrected chi connectivity index (χ1v) is 12.0. The number of benzene rings is 1. The lowest BCUT2D eigenvalue weighted by Gasteiger charge is -2.24. The van der Waals surface area contributed by atoms with Crippen molar-refractivity contribution in [1.29, 1.82) is 0 Å². The van der Waals surface area contributed by atoms with E-state index in [1.807, 2.05) is 0 Å². The normalized spacial score (nSPS) is 13.6. The molecule has 0 aromatic heterocycles. The summed E-state index contributed by atoms with van der Waals surface area (Å²) in [6, 6.07) is 3.85. The van der Waals surface area contributed by atoms with E-state index in [9.17, 15) is 19.2 Å². The average molecular weight is 509 g/mol. The van der Waals surface area contributed by atoms with E-state index < -0.39 is 23.8 Å². The highest BCUT2D eigenvalue weighted by molar-refractivity contribution is 6.25. The largest absolute Gasteiger partial charge is 0.382 e. The third kappa shape index (κ3) is 8.64. The van der Waals surface area contributed by atoms with E-state index >= 15 is 0 Å². The number of likely N-dealkylation sites (N-methyl/N-ethyl adjacent to an activating group) is 1. The van der Waals surface area contributed by atoms with Gasteiger partial charge in [0.15, 0.2) is 0 Å². The highest BCUT2D eigenvalue weighted by Gasteiger charge is 2.43. The number of hydrogen-bond acceptors (Lipinski definition) is 10. The molecule has 0 fully saturated rings. The second-order valence-electron chi connectivity index (χ2n) is 7.75. The van der Waals surface area contributed by atoms with Crippen LogP contribution in [-0.4, -0.2) is 108 Å². The zero-order chi connectivity index (χ0) is 26.2. The first-order valence-electron chi connectivity index (χ1n) is 12.0. The van der Waals surface area contributed by atoms with Crippen LogP contribution in [0.2, 0.25) is 0 Å². The van der Waals surface area contributed by atoms with Gasteiger partial charge in [-0.15, -0.1) is 0 Å². The molecule has 12 nitrogen and oxygen atoms in total. The van der Waals surface area contributed by atoms with Crippen LogP contribution in [-0.2, 0) is 28.5 Å². The molecule has 1 unspecified atom stereocenters. The fourth-order valence-electron chi connectivity index (χ4n) is 3.61. The standard InChI is InChI=1S/C24H36N4O8/c1-26-22(30)20(6-3-9-29)28-23(31)18-4-2-5-19(21(18)24(28)32)27-8-11-34-13-15-36-17-16-35-14-12-33-10-7-25/h2,4-5,9,20,27H,3,6-8,10-17,25H2,1H3,(H,26,30). The molecule has 12 heteroatoms. The molecule has 1 aliphatic rings. The van der Waals surface area contributed by atoms with Crippen molar-refractivity contribution in [3.63, 3.8) is 0 Å². The van der Waals surface area contributed by atoms with Gasteiger partial charge in [0.25, 0.3) is 11.8 Å². The molecule has 2 rings (SSSR count). The Balaban J connectivity index is 1.74. The molecular formula is C24H36N4O8. The average Bonchev–Trinajstić information content (AvgIpc) is 3.14. The summed E-state index contributed by atoms with van der Waals surface area (Å²) in [6.07, 6.45) is 0.763. The highest BCUT2D eigenvalue weighted by atomic mass is 16.6. The van der Waals surface area contributed by atoms with Crippen LogP contribution >= 0.6 is 0 Å². The quantitative estimate of drug-likeness (QED) is 0.122. The summed E-state index contributed by atoms with van der Waals surface area (Å²) in [5, 5.41) is 5.58. The van der Waals surface area contributed by atoms with Crippen molar-refractivity contribution in [3.05, 3.63) is 29.3 Å². The van der Waals surface area contributed by atoms with Crippen LogP contribution in [0.4, 0.5) is 5.69 Å². The second-order valence-corrected chi connectivity index (χ2v) is 7.75. The van der Waals surface area contributed by atoms with Crippen molar-refractivity contribution in [2.75, 3.05) is 78.3 Å². The van der Waals surface area contributed by atoms with Crippen LogP contribution in [0.25, 0.3) is 0 Å². The molecule has 0 spiro atoms. The lowest BCUT2D eigenvalue weighted by Crippen LogP contribution is -2.48. The molecule has 1 aromatic carbocycles. The van der Waals surface area contributed by atoms with Crippen molar-refractivity contribution in [2.45, 2.75) is 18.9 Å². The van der Waals surface area contributed by atoms with Crippen LogP contribution in [0.3, 0.4) is 0 Å². The maximum absolute atomic E-state index is 13.1. The number of nitrogens with zero attached hydrogens (tertiary/aromatic N) is 1. The summed E-state index contributed by atoms with van der Waals surface area (Å²) in [4.78, 5) is 50.1. The van der Waals surface area contributed by atoms with Crippen LogP contribution in [0.15, 0.2) is 18.2 Å². The van der Waals surface area contributed by atoms with Gasteiger partial charge in [-0.05, 0) is 18.6 Å². The maximum atomic E-state index is 13.1. The zero-order valence-corrected chi connectivity index (χ0v) is 20.7. The Morgan fingerprint density at radius 2 is 1.58 bits per heavy atom. The minimum Gasteiger partial charge on any atom is -0.382 e. The SMILES string of the molecule is CNC(=O)C(CCC=O)N1C(=O)c2cccc(NCCOCCOCCOCCOCCN)c2C1=O. The number of carbonyl (C=O) groups is 4. The number of hydrogen-bond donors (Lipinski definition) is 3. The van der Waals surface area contributed by atoms with E-state index in [0.717, 1.165) is 4.90 Å². The van der Waals surface area contributed by atoms with E-state index in [1.165, 1.54) is 7.05 Å². The third-order valence-corrected chi connectivity index (χ3v) is 5.31. The Labute approximate surface area is 210 Å². The summed E-state index contributed by atoms with van der Waals surface area (Å²) in [7, 11) is 1.42. The third-order valence-electron chi connectivity index (χ3n) is 5.31. The molecule has 0 radical (unpaired) electrons. The molecule has 200 valence electrons. The molecule has 1 atom stereocenters. The van der Waals surface area contributed by atoms with E-state index in [2.05, 4.69) is 10.6 Å². The van der Waals surface area contributed by atoms with E-state index in [0.29, 0.717) is 77.9 Å².